The van der Waals surface area contributed by atoms with Crippen LogP contribution in [0.1, 0.15) is 120 Å². The molecule has 0 aromatic rings. The quantitative estimate of drug-likeness (QED) is 0.0950. The van der Waals surface area contributed by atoms with Crippen molar-refractivity contribution >= 4 is 11.8 Å². The Bertz CT molecular complexity index is 2220. The summed E-state index contributed by atoms with van der Waals surface area (Å²) in [6.07, 6.45) is -20.7. The fourth-order valence-electron chi connectivity index (χ4n) is 16.3. The van der Waals surface area contributed by atoms with Gasteiger partial charge in [-0.3, -0.25) is 4.79 Å². The molecule has 9 rings (SSSR count). The van der Waals surface area contributed by atoms with E-state index >= 15 is 0 Å². The van der Waals surface area contributed by atoms with Gasteiger partial charge in [0.1, 0.15) is 72.9 Å². The molecule has 9 aliphatic rings. The first kappa shape index (κ1) is 58.2. The lowest BCUT2D eigenvalue weighted by Crippen LogP contribution is -2.68. The summed E-state index contributed by atoms with van der Waals surface area (Å²) in [5.74, 6) is -2.02. The standard InChI is InChI=1S/C54H84O22/c1-23-34(59)26(58)17-33(69-23)72-32-19-49(2,3)18-25-24-9-10-30-51(5)13-12-31(52(6,22-57)29(51)11-14-54(30,8)53(24,7)16-15-50(25,32)4)73-48-44(40(65)39(64)42(74-48)45(67)68)76-47-43(38(63)36(61)28(21-56)71-47)75-46-41(66)37(62)35(60)27(20-55)70-46/h9,25,27-33,35-44,46-48,55-57,59-66H,10-22H2,1-8H3,(H,67,68). The number of allylic oxidation sites excluding steroid dienone is 4. The topological polar surface area (TPSA) is 351 Å². The van der Waals surface area contributed by atoms with Gasteiger partial charge in [-0.05, 0) is 104 Å². The van der Waals surface area contributed by atoms with Crippen molar-refractivity contribution in [3.8, 4) is 0 Å². The van der Waals surface area contributed by atoms with Gasteiger partial charge in [0, 0.05) is 10.8 Å². The summed E-state index contributed by atoms with van der Waals surface area (Å²) in [6.45, 7) is 15.5. The van der Waals surface area contributed by atoms with Gasteiger partial charge in [0.15, 0.2) is 30.7 Å². The molecule has 5 aliphatic carbocycles. The zero-order chi connectivity index (χ0) is 55.6. The molecular formula is C54H84O22. The predicted octanol–water partition coefficient (Wildman–Crippen LogP) is 0.806. The summed E-state index contributed by atoms with van der Waals surface area (Å²) >= 11 is 0. The summed E-state index contributed by atoms with van der Waals surface area (Å²) in [5.41, 5.74) is -0.626. The van der Waals surface area contributed by atoms with Crippen molar-refractivity contribution < 1.29 is 109 Å². The number of carboxylic acid groups (broad SMARTS) is 1. The summed E-state index contributed by atoms with van der Waals surface area (Å²) in [7, 11) is 0. The van der Waals surface area contributed by atoms with Gasteiger partial charge in [-0.2, -0.15) is 0 Å². The minimum atomic E-state index is -2.12. The summed E-state index contributed by atoms with van der Waals surface area (Å²) in [4.78, 5) is 25.3. The normalized spacial score (nSPS) is 52.3. The summed E-state index contributed by atoms with van der Waals surface area (Å²) < 4.78 is 48.9. The Morgan fingerprint density at radius 3 is 1.88 bits per heavy atom. The third-order valence-electron chi connectivity index (χ3n) is 21.1. The number of aliphatic hydroxyl groups is 11. The molecule has 22 heteroatoms. The van der Waals surface area contributed by atoms with Crippen LogP contribution in [-0.4, -0.2) is 203 Å². The van der Waals surface area contributed by atoms with Gasteiger partial charge in [0.25, 0.3) is 0 Å². The van der Waals surface area contributed by atoms with Crippen molar-refractivity contribution in [1.82, 2.24) is 0 Å². The molecule has 4 aliphatic heterocycles. The van der Waals surface area contributed by atoms with Crippen LogP contribution in [0.5, 0.6) is 0 Å². The van der Waals surface area contributed by atoms with Crippen LogP contribution in [0.3, 0.4) is 0 Å². The lowest BCUT2D eigenvalue weighted by atomic mass is 9.33. The highest BCUT2D eigenvalue weighted by molar-refractivity contribution is 5.94. The molecule has 22 nitrogen and oxygen atoms in total. The van der Waals surface area contributed by atoms with E-state index in [1.807, 2.05) is 6.92 Å². The van der Waals surface area contributed by atoms with E-state index in [0.717, 1.165) is 38.5 Å². The number of carbonyl (C=O) groups is 2. The van der Waals surface area contributed by atoms with Crippen LogP contribution in [0.2, 0.25) is 0 Å². The number of ether oxygens (including phenoxy) is 8. The molecule has 432 valence electrons. The minimum absolute atomic E-state index is 0.0552. The lowest BCUT2D eigenvalue weighted by molar-refractivity contribution is -0.397. The highest BCUT2D eigenvalue weighted by Gasteiger charge is 2.70. The molecule has 26 unspecified atom stereocenters. The molecule has 0 aromatic carbocycles. The molecule has 0 spiro atoms. The van der Waals surface area contributed by atoms with E-state index in [4.69, 9.17) is 37.9 Å². The van der Waals surface area contributed by atoms with E-state index < -0.39 is 135 Å². The van der Waals surface area contributed by atoms with Gasteiger partial charge in [0.2, 0.25) is 12.1 Å². The minimum Gasteiger partial charge on any atom is -0.502 e. The molecule has 7 fully saturated rings. The molecular weight excluding hydrogens is 1000 g/mol. The van der Waals surface area contributed by atoms with Crippen LogP contribution in [0, 0.1) is 50.2 Å². The highest BCUT2D eigenvalue weighted by Crippen LogP contribution is 2.76. The second-order valence-electron chi connectivity index (χ2n) is 25.8. The molecule has 0 radical (unpaired) electrons. The van der Waals surface area contributed by atoms with Crippen LogP contribution in [-0.2, 0) is 47.5 Å². The van der Waals surface area contributed by atoms with E-state index in [1.54, 1.807) is 6.92 Å². The molecule has 3 saturated heterocycles. The van der Waals surface area contributed by atoms with Gasteiger partial charge < -0.3 is 99.2 Å². The van der Waals surface area contributed by atoms with E-state index in [9.17, 15) is 70.9 Å². The average molecular weight is 1090 g/mol. The van der Waals surface area contributed by atoms with Gasteiger partial charge in [0.05, 0.1) is 38.4 Å². The molecule has 12 N–H and O–H groups in total. The molecule has 0 amide bonds. The SMILES string of the molecule is CC1=C(O)C(=O)CC(OC2CC(C)(C)CC3C4=CCC5C6(C)CCC(OC7OC(C(=O)O)C(O)C(O)C7OC7OC(CO)C(O)C(O)C7OC7OC(CO)C(O)C(O)C7O)C(C)(CO)C6CCC5(C)C4(C)CCC23C)O1. The van der Waals surface area contributed by atoms with E-state index in [2.05, 4.69) is 47.6 Å². The molecule has 26 atom stereocenters. The van der Waals surface area contributed by atoms with E-state index in [1.165, 1.54) is 5.57 Å². The largest absolute Gasteiger partial charge is 0.502 e. The summed E-state index contributed by atoms with van der Waals surface area (Å²) in [5, 5.41) is 129. The van der Waals surface area contributed by atoms with Crippen LogP contribution >= 0.6 is 0 Å². The van der Waals surface area contributed by atoms with Gasteiger partial charge in [-0.15, -0.1) is 0 Å². The first-order valence-electron chi connectivity index (χ1n) is 27.2. The van der Waals surface area contributed by atoms with Crippen molar-refractivity contribution in [1.29, 1.82) is 0 Å². The van der Waals surface area contributed by atoms with Crippen molar-refractivity contribution in [2.24, 2.45) is 50.2 Å². The van der Waals surface area contributed by atoms with Crippen LogP contribution in [0.25, 0.3) is 0 Å². The number of carboxylic acids is 1. The number of hydrogen-bond acceptors (Lipinski definition) is 21. The molecule has 0 bridgehead atoms. The third kappa shape index (κ3) is 9.31. The number of aliphatic hydroxyl groups excluding tert-OH is 11. The number of hydrogen-bond donors (Lipinski definition) is 12. The number of carbonyl (C=O) groups excluding carboxylic acids is 1. The number of aliphatic carboxylic acids is 1. The maximum Gasteiger partial charge on any atom is 0.335 e. The van der Waals surface area contributed by atoms with Gasteiger partial charge in [-0.1, -0.05) is 60.1 Å². The monoisotopic (exact) mass is 1080 g/mol. The predicted molar refractivity (Wildman–Crippen MR) is 261 cm³/mol. The maximum absolute atomic E-state index is 12.7. The number of Topliss-reactive ketones (excluding diaryl/α,β-unsaturated/α-hetero) is 1. The van der Waals surface area contributed by atoms with Crippen molar-refractivity contribution in [3.05, 3.63) is 23.2 Å². The van der Waals surface area contributed by atoms with Crippen LogP contribution < -0.4 is 0 Å². The zero-order valence-electron chi connectivity index (χ0n) is 44.8. The Hall–Kier alpha value is -2.46. The Kier molecular flexibility index (Phi) is 15.9. The number of rotatable bonds is 12. The third-order valence-corrected chi connectivity index (χ3v) is 21.1. The molecule has 0 aromatic heterocycles. The first-order chi connectivity index (χ1) is 35.5. The van der Waals surface area contributed by atoms with Crippen molar-refractivity contribution in [2.45, 2.75) is 230 Å². The lowest BCUT2D eigenvalue weighted by Gasteiger charge is -2.72. The van der Waals surface area contributed by atoms with E-state index in [0.29, 0.717) is 19.3 Å². The Morgan fingerprint density at radius 1 is 0.658 bits per heavy atom. The average Bonchev–Trinajstić information content (AvgIpc) is 3.54. The van der Waals surface area contributed by atoms with Crippen LogP contribution in [0.4, 0.5) is 0 Å². The Morgan fingerprint density at radius 2 is 1.26 bits per heavy atom. The fourth-order valence-corrected chi connectivity index (χ4v) is 16.3. The first-order valence-corrected chi connectivity index (χ1v) is 27.2. The smallest absolute Gasteiger partial charge is 0.335 e. The molecule has 4 saturated carbocycles. The Balaban J connectivity index is 0.980. The second kappa shape index (κ2) is 20.8. The van der Waals surface area contributed by atoms with Crippen molar-refractivity contribution in [2.75, 3.05) is 19.8 Å². The van der Waals surface area contributed by atoms with Crippen LogP contribution in [0.15, 0.2) is 23.2 Å². The van der Waals surface area contributed by atoms with E-state index in [-0.39, 0.29) is 75.5 Å². The Labute approximate surface area is 442 Å². The number of fused-ring (bicyclic) bond motifs is 7. The second-order valence-corrected chi connectivity index (χ2v) is 25.8. The number of ketones is 1. The molecule has 4 heterocycles. The van der Waals surface area contributed by atoms with Gasteiger partial charge >= 0.3 is 5.97 Å². The van der Waals surface area contributed by atoms with Gasteiger partial charge in [-0.25, -0.2) is 4.79 Å². The fraction of sp³-hybridized carbons (Fsp3) is 0.889. The highest BCUT2D eigenvalue weighted by atomic mass is 16.8. The van der Waals surface area contributed by atoms with Crippen molar-refractivity contribution in [3.63, 3.8) is 0 Å². The summed E-state index contributed by atoms with van der Waals surface area (Å²) in [6, 6.07) is 0. The molecule has 76 heavy (non-hydrogen) atoms. The maximum atomic E-state index is 12.7. The zero-order valence-corrected chi connectivity index (χ0v) is 44.8.